The van der Waals surface area contributed by atoms with Crippen LogP contribution < -0.4 is 14.9 Å². The lowest BCUT2D eigenvalue weighted by Gasteiger charge is -2.25. The summed E-state index contributed by atoms with van der Waals surface area (Å²) in [7, 11) is 0. The van der Waals surface area contributed by atoms with Crippen LogP contribution in [0.1, 0.15) is 49.2 Å². The summed E-state index contributed by atoms with van der Waals surface area (Å²) >= 11 is 2.92. The molecule has 0 radical (unpaired) electrons. The minimum absolute atomic E-state index is 0.236. The lowest BCUT2D eigenvalue weighted by molar-refractivity contribution is -0.143. The van der Waals surface area contributed by atoms with Crippen LogP contribution in [0, 0.1) is 12.7 Å². The SMILES string of the molecule is CSc1ccc([C@H]2C(C(=O)OC(C)C)=C(C)N=c3s/c(=C\c4c(C)n(Cc5ccccc5F)c5ccccc45)c(=O)n32)cc1. The number of rotatable bonds is 7. The molecule has 224 valence electrons. The number of halogens is 1. The summed E-state index contributed by atoms with van der Waals surface area (Å²) in [6.07, 6.45) is 3.58. The van der Waals surface area contributed by atoms with Gasteiger partial charge in [0, 0.05) is 32.6 Å². The molecule has 3 aromatic carbocycles. The van der Waals surface area contributed by atoms with E-state index in [1.54, 1.807) is 49.2 Å². The highest BCUT2D eigenvalue weighted by Gasteiger charge is 2.34. The number of fused-ring (bicyclic) bond motifs is 2. The molecule has 2 aromatic heterocycles. The summed E-state index contributed by atoms with van der Waals surface area (Å²) in [6, 6.07) is 21.9. The van der Waals surface area contributed by atoms with Gasteiger partial charge in [0.25, 0.3) is 5.56 Å². The third kappa shape index (κ3) is 5.35. The number of ether oxygens (including phenoxy) is 1. The molecule has 1 aliphatic heterocycles. The molecule has 1 atom stereocenters. The van der Waals surface area contributed by atoms with Crippen LogP contribution in [-0.2, 0) is 16.1 Å². The molecule has 3 heterocycles. The van der Waals surface area contributed by atoms with Gasteiger partial charge in [-0.3, -0.25) is 9.36 Å². The minimum atomic E-state index is -0.681. The number of aromatic nitrogens is 2. The van der Waals surface area contributed by atoms with Crippen LogP contribution in [-0.4, -0.2) is 27.5 Å². The van der Waals surface area contributed by atoms with Crippen LogP contribution in [0.15, 0.2) is 98.7 Å². The molecular weight excluding hydrogens is 594 g/mol. The van der Waals surface area contributed by atoms with E-state index in [2.05, 4.69) is 4.57 Å². The van der Waals surface area contributed by atoms with E-state index in [-0.39, 0.29) is 17.5 Å². The molecule has 9 heteroatoms. The fourth-order valence-corrected chi connectivity index (χ4v) is 7.17. The number of carbonyl (C=O) groups is 1. The Morgan fingerprint density at radius 3 is 2.48 bits per heavy atom. The lowest BCUT2D eigenvalue weighted by Crippen LogP contribution is -2.40. The summed E-state index contributed by atoms with van der Waals surface area (Å²) in [6.45, 7) is 7.74. The number of thioether (sulfide) groups is 1. The number of hydrogen-bond acceptors (Lipinski definition) is 6. The molecule has 0 N–H and O–H groups in total. The van der Waals surface area contributed by atoms with Crippen molar-refractivity contribution < 1.29 is 13.9 Å². The topological polar surface area (TPSA) is 65.6 Å². The van der Waals surface area contributed by atoms with Gasteiger partial charge in [-0.25, -0.2) is 14.2 Å². The number of allylic oxidation sites excluding steroid dienone is 1. The van der Waals surface area contributed by atoms with Gasteiger partial charge in [-0.05, 0) is 69.9 Å². The first-order chi connectivity index (χ1) is 21.2. The first kappa shape index (κ1) is 29.8. The molecule has 0 unspecified atom stereocenters. The molecule has 1 aliphatic rings. The Morgan fingerprint density at radius 2 is 1.77 bits per heavy atom. The van der Waals surface area contributed by atoms with E-state index < -0.39 is 12.0 Å². The monoisotopic (exact) mass is 625 g/mol. The first-order valence-electron chi connectivity index (χ1n) is 14.4. The van der Waals surface area contributed by atoms with Crippen molar-refractivity contribution in [1.29, 1.82) is 0 Å². The summed E-state index contributed by atoms with van der Waals surface area (Å²) in [5.74, 6) is -0.742. The summed E-state index contributed by atoms with van der Waals surface area (Å²) in [5, 5.41) is 0.966. The van der Waals surface area contributed by atoms with Gasteiger partial charge in [-0.1, -0.05) is 59.9 Å². The van der Waals surface area contributed by atoms with E-state index in [0.717, 1.165) is 32.6 Å². The number of hydrogen-bond donors (Lipinski definition) is 0. The molecule has 0 saturated heterocycles. The van der Waals surface area contributed by atoms with Crippen molar-refractivity contribution in [2.75, 3.05) is 6.26 Å². The van der Waals surface area contributed by atoms with E-state index >= 15 is 0 Å². The van der Waals surface area contributed by atoms with Crippen LogP contribution in [0.3, 0.4) is 0 Å². The van der Waals surface area contributed by atoms with Gasteiger partial charge >= 0.3 is 5.97 Å². The number of carbonyl (C=O) groups excluding carboxylic acids is 1. The minimum Gasteiger partial charge on any atom is -0.459 e. The zero-order valence-corrected chi connectivity index (χ0v) is 26.8. The normalized spacial score (nSPS) is 15.2. The summed E-state index contributed by atoms with van der Waals surface area (Å²) in [4.78, 5) is 34.0. The largest absolute Gasteiger partial charge is 0.459 e. The Morgan fingerprint density at radius 1 is 1.07 bits per heavy atom. The van der Waals surface area contributed by atoms with Crippen molar-refractivity contribution in [2.45, 2.75) is 51.3 Å². The zero-order chi connectivity index (χ0) is 31.1. The third-order valence-corrected chi connectivity index (χ3v) is 9.58. The molecular formula is C35H32FN3O3S2. The van der Waals surface area contributed by atoms with Gasteiger partial charge in [0.2, 0.25) is 0 Å². The Labute approximate surface area is 262 Å². The molecule has 0 saturated carbocycles. The van der Waals surface area contributed by atoms with Gasteiger partial charge in [0.1, 0.15) is 5.82 Å². The highest BCUT2D eigenvalue weighted by atomic mass is 32.2. The highest BCUT2D eigenvalue weighted by molar-refractivity contribution is 7.98. The van der Waals surface area contributed by atoms with Crippen molar-refractivity contribution in [2.24, 2.45) is 4.99 Å². The second kappa shape index (κ2) is 12.1. The molecule has 0 spiro atoms. The quantitative estimate of drug-likeness (QED) is 0.156. The van der Waals surface area contributed by atoms with Crippen molar-refractivity contribution in [3.05, 3.63) is 132 Å². The average Bonchev–Trinajstić information content (AvgIpc) is 3.45. The maximum atomic E-state index is 14.6. The smallest absolute Gasteiger partial charge is 0.338 e. The van der Waals surface area contributed by atoms with Gasteiger partial charge in [-0.2, -0.15) is 0 Å². The van der Waals surface area contributed by atoms with Crippen LogP contribution in [0.4, 0.5) is 4.39 Å². The molecule has 0 aliphatic carbocycles. The van der Waals surface area contributed by atoms with E-state index in [1.165, 1.54) is 17.4 Å². The zero-order valence-electron chi connectivity index (χ0n) is 25.1. The molecule has 0 amide bonds. The third-order valence-electron chi connectivity index (χ3n) is 7.86. The Hall–Kier alpha value is -4.21. The number of thiazole rings is 1. The van der Waals surface area contributed by atoms with Crippen LogP contribution in [0.2, 0.25) is 0 Å². The van der Waals surface area contributed by atoms with E-state index in [0.29, 0.717) is 32.7 Å². The molecule has 6 nitrogen and oxygen atoms in total. The fraction of sp³-hybridized carbons (Fsp3) is 0.229. The Kier molecular flexibility index (Phi) is 8.18. The van der Waals surface area contributed by atoms with Gasteiger partial charge in [0.15, 0.2) is 4.80 Å². The van der Waals surface area contributed by atoms with Crippen molar-refractivity contribution in [3.63, 3.8) is 0 Å². The van der Waals surface area contributed by atoms with E-state index in [4.69, 9.17) is 9.73 Å². The van der Waals surface area contributed by atoms with Crippen LogP contribution >= 0.6 is 23.1 Å². The number of benzene rings is 3. The number of esters is 1. The summed E-state index contributed by atoms with van der Waals surface area (Å²) < 4.78 is 24.5. The maximum Gasteiger partial charge on any atom is 0.338 e. The fourth-order valence-electron chi connectivity index (χ4n) is 5.73. The Bertz CT molecular complexity index is 2120. The number of para-hydroxylation sites is 1. The van der Waals surface area contributed by atoms with Gasteiger partial charge in [-0.15, -0.1) is 11.8 Å². The van der Waals surface area contributed by atoms with Crippen molar-refractivity contribution in [3.8, 4) is 0 Å². The van der Waals surface area contributed by atoms with E-state index in [1.807, 2.05) is 73.9 Å². The second-order valence-corrected chi connectivity index (χ2v) is 12.9. The highest BCUT2D eigenvalue weighted by Crippen LogP contribution is 2.32. The number of nitrogens with zero attached hydrogens (tertiary/aromatic N) is 3. The molecule has 0 fully saturated rings. The molecule has 6 rings (SSSR count). The maximum absolute atomic E-state index is 14.6. The average molecular weight is 626 g/mol. The van der Waals surface area contributed by atoms with E-state index in [9.17, 15) is 14.0 Å². The van der Waals surface area contributed by atoms with Crippen LogP contribution in [0.25, 0.3) is 17.0 Å². The predicted molar refractivity (Wildman–Crippen MR) is 175 cm³/mol. The molecule has 44 heavy (non-hydrogen) atoms. The predicted octanol–water partition coefficient (Wildman–Crippen LogP) is 6.36. The Balaban J connectivity index is 1.54. The van der Waals surface area contributed by atoms with Crippen molar-refractivity contribution in [1.82, 2.24) is 9.13 Å². The second-order valence-electron chi connectivity index (χ2n) is 11.0. The lowest BCUT2D eigenvalue weighted by atomic mass is 9.96. The van der Waals surface area contributed by atoms with Gasteiger partial charge in [0.05, 0.1) is 34.5 Å². The molecule has 5 aromatic rings. The summed E-state index contributed by atoms with van der Waals surface area (Å²) in [5.41, 5.74) is 4.80. The standard InChI is InChI=1S/C35H32FN3O3S2/c1-20(2)42-34(41)31-21(3)37-35-39(32(31)23-14-16-25(43-5)17-15-23)33(40)30(44-35)18-27-22(4)38(29-13-9-7-11-26(27)29)19-24-10-6-8-12-28(24)36/h6-18,20,32H,19H2,1-5H3/b30-18-/t32-/m0/s1. The van der Waals surface area contributed by atoms with Crippen LogP contribution in [0.5, 0.6) is 0 Å². The van der Waals surface area contributed by atoms with Gasteiger partial charge < -0.3 is 9.30 Å². The van der Waals surface area contributed by atoms with Crippen molar-refractivity contribution >= 4 is 46.0 Å². The molecule has 0 bridgehead atoms. The first-order valence-corrected chi connectivity index (χ1v) is 16.4.